The second-order valence-electron chi connectivity index (χ2n) is 5.96. The molecule has 2 aromatic rings. The van der Waals surface area contributed by atoms with Crippen molar-refractivity contribution in [1.29, 1.82) is 0 Å². The minimum atomic E-state index is -3.80. The quantitative estimate of drug-likeness (QED) is 0.499. The first kappa shape index (κ1) is 23.4. The maximum Gasteiger partial charge on any atom is 0.338 e. The second kappa shape index (κ2) is 9.72. The predicted molar refractivity (Wildman–Crippen MR) is 102 cm³/mol. The SMILES string of the molecule is CCN(CC)S(=O)(=O)c1cccc(C(=O)OCC(=O)Nc2ccc(F)c(F)c2F)c1. The zero-order chi connectivity index (χ0) is 22.5. The fraction of sp³-hybridized carbons (Fsp3) is 0.263. The van der Waals surface area contributed by atoms with Crippen molar-refractivity contribution in [2.75, 3.05) is 25.0 Å². The van der Waals surface area contributed by atoms with Gasteiger partial charge in [-0.15, -0.1) is 0 Å². The summed E-state index contributed by atoms with van der Waals surface area (Å²) in [5.41, 5.74) is -0.739. The van der Waals surface area contributed by atoms with Crippen LogP contribution in [0.3, 0.4) is 0 Å². The molecule has 0 radical (unpaired) electrons. The normalized spacial score (nSPS) is 11.4. The Morgan fingerprint density at radius 1 is 1.03 bits per heavy atom. The number of sulfonamides is 1. The molecule has 2 aromatic carbocycles. The van der Waals surface area contributed by atoms with E-state index in [4.69, 9.17) is 4.74 Å². The monoisotopic (exact) mass is 444 g/mol. The Kier molecular flexibility index (Phi) is 7.57. The predicted octanol–water partition coefficient (Wildman–Crippen LogP) is 2.93. The van der Waals surface area contributed by atoms with Crippen molar-refractivity contribution in [3.05, 3.63) is 59.4 Å². The summed E-state index contributed by atoms with van der Waals surface area (Å²) in [4.78, 5) is 23.9. The molecule has 0 atom stereocenters. The van der Waals surface area contributed by atoms with Gasteiger partial charge < -0.3 is 10.1 Å². The Morgan fingerprint density at radius 3 is 2.33 bits per heavy atom. The van der Waals surface area contributed by atoms with Gasteiger partial charge in [0, 0.05) is 13.1 Å². The number of hydrogen-bond acceptors (Lipinski definition) is 5. The highest BCUT2D eigenvalue weighted by atomic mass is 32.2. The van der Waals surface area contributed by atoms with Gasteiger partial charge in [-0.3, -0.25) is 4.79 Å². The van der Waals surface area contributed by atoms with E-state index in [9.17, 15) is 31.2 Å². The van der Waals surface area contributed by atoms with Crippen LogP contribution in [0.5, 0.6) is 0 Å². The fourth-order valence-corrected chi connectivity index (χ4v) is 4.02. The molecule has 0 aliphatic rings. The Hall–Kier alpha value is -2.92. The summed E-state index contributed by atoms with van der Waals surface area (Å²) in [5.74, 6) is -6.76. The van der Waals surface area contributed by atoms with Gasteiger partial charge >= 0.3 is 5.97 Å². The van der Waals surface area contributed by atoms with Gasteiger partial charge in [0.25, 0.3) is 5.91 Å². The molecule has 162 valence electrons. The lowest BCUT2D eigenvalue weighted by Crippen LogP contribution is -2.30. The van der Waals surface area contributed by atoms with E-state index >= 15 is 0 Å². The molecule has 0 bridgehead atoms. The zero-order valence-corrected chi connectivity index (χ0v) is 16.9. The van der Waals surface area contributed by atoms with Crippen LogP contribution in [0.2, 0.25) is 0 Å². The number of nitrogens with one attached hydrogen (secondary N) is 1. The molecule has 0 heterocycles. The summed E-state index contributed by atoms with van der Waals surface area (Å²) in [5, 5.41) is 1.95. The molecule has 0 aliphatic carbocycles. The van der Waals surface area contributed by atoms with Crippen molar-refractivity contribution in [1.82, 2.24) is 4.31 Å². The molecule has 7 nitrogen and oxygen atoms in total. The smallest absolute Gasteiger partial charge is 0.338 e. The number of carbonyl (C=O) groups excluding carboxylic acids is 2. The number of benzene rings is 2. The highest BCUT2D eigenvalue weighted by molar-refractivity contribution is 7.89. The van der Waals surface area contributed by atoms with E-state index in [2.05, 4.69) is 0 Å². The van der Waals surface area contributed by atoms with Gasteiger partial charge in [-0.25, -0.2) is 26.4 Å². The number of esters is 1. The Bertz CT molecular complexity index is 1060. The molecule has 0 aliphatic heterocycles. The van der Waals surface area contributed by atoms with E-state index in [1.807, 2.05) is 5.32 Å². The van der Waals surface area contributed by atoms with Gasteiger partial charge in [0.15, 0.2) is 24.1 Å². The first-order valence-corrected chi connectivity index (χ1v) is 10.3. The third kappa shape index (κ3) is 5.16. The number of rotatable bonds is 8. The van der Waals surface area contributed by atoms with E-state index in [1.54, 1.807) is 13.8 Å². The standard InChI is InChI=1S/C19H19F3N2O5S/c1-3-24(4-2)30(27,28)13-7-5-6-12(10-13)19(26)29-11-16(25)23-15-9-8-14(20)17(21)18(15)22/h5-10H,3-4,11H2,1-2H3,(H,23,25). The highest BCUT2D eigenvalue weighted by Crippen LogP contribution is 2.20. The Balaban J connectivity index is 2.07. The van der Waals surface area contributed by atoms with Crippen molar-refractivity contribution in [3.8, 4) is 0 Å². The molecule has 0 saturated heterocycles. The third-order valence-electron chi connectivity index (χ3n) is 4.06. The number of anilines is 1. The van der Waals surface area contributed by atoms with Crippen molar-refractivity contribution in [2.45, 2.75) is 18.7 Å². The summed E-state index contributed by atoms with van der Waals surface area (Å²) in [6.07, 6.45) is 0. The largest absolute Gasteiger partial charge is 0.452 e. The average Bonchev–Trinajstić information content (AvgIpc) is 2.73. The van der Waals surface area contributed by atoms with Crippen LogP contribution >= 0.6 is 0 Å². The Morgan fingerprint density at radius 2 is 1.70 bits per heavy atom. The number of hydrogen-bond donors (Lipinski definition) is 1. The van der Waals surface area contributed by atoms with Gasteiger partial charge in [0.05, 0.1) is 16.1 Å². The molecule has 0 spiro atoms. The fourth-order valence-electron chi connectivity index (χ4n) is 2.52. The number of carbonyl (C=O) groups is 2. The van der Waals surface area contributed by atoms with E-state index < -0.39 is 51.6 Å². The first-order valence-electron chi connectivity index (χ1n) is 8.82. The number of halogens is 3. The lowest BCUT2D eigenvalue weighted by molar-refractivity contribution is -0.119. The van der Waals surface area contributed by atoms with Gasteiger partial charge in [-0.1, -0.05) is 19.9 Å². The molecule has 0 unspecified atom stereocenters. The van der Waals surface area contributed by atoms with E-state index in [0.717, 1.165) is 12.1 Å². The van der Waals surface area contributed by atoms with Crippen LogP contribution in [-0.4, -0.2) is 44.3 Å². The Labute approximate surface area is 171 Å². The van der Waals surface area contributed by atoms with Crippen LogP contribution in [0, 0.1) is 17.5 Å². The molecule has 2 rings (SSSR count). The molecular formula is C19H19F3N2O5S. The number of ether oxygens (including phenoxy) is 1. The van der Waals surface area contributed by atoms with Gasteiger partial charge in [0.2, 0.25) is 10.0 Å². The zero-order valence-electron chi connectivity index (χ0n) is 16.1. The van der Waals surface area contributed by atoms with Crippen LogP contribution < -0.4 is 5.32 Å². The first-order chi connectivity index (χ1) is 14.1. The summed E-state index contributed by atoms with van der Waals surface area (Å²) >= 11 is 0. The minimum absolute atomic E-state index is 0.116. The van der Waals surface area contributed by atoms with Crippen molar-refractivity contribution >= 4 is 27.6 Å². The molecule has 30 heavy (non-hydrogen) atoms. The summed E-state index contributed by atoms with van der Waals surface area (Å²) in [6.45, 7) is 2.98. The summed E-state index contributed by atoms with van der Waals surface area (Å²) < 4.78 is 70.7. The lowest BCUT2D eigenvalue weighted by Gasteiger charge is -2.18. The second-order valence-corrected chi connectivity index (χ2v) is 7.90. The van der Waals surface area contributed by atoms with Crippen LogP contribution in [0.25, 0.3) is 0 Å². The summed E-state index contributed by atoms with van der Waals surface area (Å²) in [7, 11) is -3.80. The minimum Gasteiger partial charge on any atom is -0.452 e. The third-order valence-corrected chi connectivity index (χ3v) is 6.10. The van der Waals surface area contributed by atoms with E-state index in [0.29, 0.717) is 6.07 Å². The molecule has 1 amide bonds. The molecular weight excluding hydrogens is 425 g/mol. The maximum absolute atomic E-state index is 13.6. The lowest BCUT2D eigenvalue weighted by atomic mass is 10.2. The van der Waals surface area contributed by atoms with Gasteiger partial charge in [-0.05, 0) is 30.3 Å². The average molecular weight is 444 g/mol. The molecule has 0 aromatic heterocycles. The summed E-state index contributed by atoms with van der Waals surface area (Å²) in [6, 6.07) is 6.53. The van der Waals surface area contributed by atoms with E-state index in [-0.39, 0.29) is 23.5 Å². The molecule has 0 fully saturated rings. The number of nitrogens with zero attached hydrogens (tertiary/aromatic N) is 1. The van der Waals surface area contributed by atoms with Crippen molar-refractivity contribution in [2.24, 2.45) is 0 Å². The van der Waals surface area contributed by atoms with Crippen LogP contribution in [0.1, 0.15) is 24.2 Å². The van der Waals surface area contributed by atoms with Crippen LogP contribution in [0.15, 0.2) is 41.3 Å². The highest BCUT2D eigenvalue weighted by Gasteiger charge is 2.23. The topological polar surface area (TPSA) is 92.8 Å². The van der Waals surface area contributed by atoms with Gasteiger partial charge in [-0.2, -0.15) is 4.31 Å². The molecule has 11 heteroatoms. The molecule has 1 N–H and O–H groups in total. The number of amides is 1. The van der Waals surface area contributed by atoms with Crippen LogP contribution in [-0.2, 0) is 19.6 Å². The maximum atomic E-state index is 13.6. The van der Waals surface area contributed by atoms with E-state index in [1.165, 1.54) is 22.5 Å². The van der Waals surface area contributed by atoms with Crippen molar-refractivity contribution < 1.29 is 35.9 Å². The molecule has 0 saturated carbocycles. The van der Waals surface area contributed by atoms with Gasteiger partial charge in [0.1, 0.15) is 0 Å². The van der Waals surface area contributed by atoms with Crippen molar-refractivity contribution in [3.63, 3.8) is 0 Å². The van der Waals surface area contributed by atoms with Crippen LogP contribution in [0.4, 0.5) is 18.9 Å².